The van der Waals surface area contributed by atoms with E-state index < -0.39 is 0 Å². The quantitative estimate of drug-likeness (QED) is 0.179. The zero-order valence-corrected chi connectivity index (χ0v) is 29.8. The van der Waals surface area contributed by atoms with Gasteiger partial charge in [-0.25, -0.2) is 9.97 Å². The number of fused-ring (bicyclic) bond motifs is 7. The molecule has 0 aliphatic carbocycles. The van der Waals surface area contributed by atoms with Crippen LogP contribution in [0.15, 0.2) is 186 Å². The van der Waals surface area contributed by atoms with E-state index >= 15 is 0 Å². The standard InChI is InChI=1S/C50H30N2OS/c1-3-13-31(14-4-1)36-28-37(32-15-5-2-6-16-32)30-38(29-36)46-49-47(40-19-9-10-24-44(40)54-49)52-50(51-46)42-22-12-23-43-45(42)41-21-11-20-39(48(41)53-43)35-26-25-33-17-7-8-18-34(33)27-35/h1-30H. The van der Waals surface area contributed by atoms with Gasteiger partial charge in [0.1, 0.15) is 11.2 Å². The predicted octanol–water partition coefficient (Wildman–Crippen LogP) is 14.2. The minimum absolute atomic E-state index is 0.678. The number of thiophene rings is 1. The SMILES string of the molecule is c1ccc(-c2cc(-c3ccccc3)cc(-c3nc(-c4cccc5oc6c(-c7ccc8ccccc8c7)cccc6c45)nc4c3sc3ccccc34)c2)cc1. The second-order valence-corrected chi connectivity index (χ2v) is 14.8. The lowest BCUT2D eigenvalue weighted by Crippen LogP contribution is -1.95. The Labute approximate surface area is 315 Å². The minimum atomic E-state index is 0.678. The van der Waals surface area contributed by atoms with Crippen LogP contribution >= 0.6 is 11.3 Å². The lowest BCUT2D eigenvalue weighted by atomic mass is 9.94. The molecule has 11 aromatic rings. The largest absolute Gasteiger partial charge is 0.455 e. The third-order valence-corrected chi connectivity index (χ3v) is 11.6. The zero-order valence-electron chi connectivity index (χ0n) is 29.0. The molecule has 3 aromatic heterocycles. The van der Waals surface area contributed by atoms with E-state index in [-0.39, 0.29) is 0 Å². The molecule has 8 aromatic carbocycles. The molecule has 0 atom stereocenters. The summed E-state index contributed by atoms with van der Waals surface area (Å²) in [5, 5.41) is 5.61. The van der Waals surface area contributed by atoms with Gasteiger partial charge in [-0.2, -0.15) is 0 Å². The van der Waals surface area contributed by atoms with Crippen LogP contribution in [0.4, 0.5) is 0 Å². The van der Waals surface area contributed by atoms with Crippen molar-refractivity contribution in [2.75, 3.05) is 0 Å². The number of para-hydroxylation sites is 1. The van der Waals surface area contributed by atoms with Gasteiger partial charge in [0.15, 0.2) is 5.82 Å². The van der Waals surface area contributed by atoms with Crippen molar-refractivity contribution >= 4 is 64.4 Å². The topological polar surface area (TPSA) is 38.9 Å². The highest BCUT2D eigenvalue weighted by Gasteiger charge is 2.22. The maximum atomic E-state index is 6.75. The molecule has 4 heteroatoms. The molecular weight excluding hydrogens is 677 g/mol. The summed E-state index contributed by atoms with van der Waals surface area (Å²) < 4.78 is 9.01. The molecule has 0 amide bonds. The number of aromatic nitrogens is 2. The molecule has 3 heterocycles. The second-order valence-electron chi connectivity index (χ2n) is 13.7. The van der Waals surface area contributed by atoms with E-state index in [1.807, 2.05) is 0 Å². The van der Waals surface area contributed by atoms with Crippen LogP contribution in [0.5, 0.6) is 0 Å². The van der Waals surface area contributed by atoms with Crippen molar-refractivity contribution in [3.63, 3.8) is 0 Å². The Morgan fingerprint density at radius 2 is 1.07 bits per heavy atom. The van der Waals surface area contributed by atoms with E-state index in [9.17, 15) is 0 Å². The highest BCUT2D eigenvalue weighted by atomic mass is 32.1. The van der Waals surface area contributed by atoms with Crippen molar-refractivity contribution in [1.29, 1.82) is 0 Å². The van der Waals surface area contributed by atoms with Crippen molar-refractivity contribution in [3.8, 4) is 56.0 Å². The fraction of sp³-hybridized carbons (Fsp3) is 0. The number of rotatable bonds is 5. The summed E-state index contributed by atoms with van der Waals surface area (Å²) in [5.41, 5.74) is 12.4. The van der Waals surface area contributed by atoms with E-state index in [0.717, 1.165) is 87.7 Å². The summed E-state index contributed by atoms with van der Waals surface area (Å²) in [4.78, 5) is 10.9. The average Bonchev–Trinajstić information content (AvgIpc) is 3.82. The number of hydrogen-bond acceptors (Lipinski definition) is 4. The lowest BCUT2D eigenvalue weighted by molar-refractivity contribution is 0.670. The third-order valence-electron chi connectivity index (χ3n) is 10.5. The van der Waals surface area contributed by atoms with Crippen molar-refractivity contribution in [2.45, 2.75) is 0 Å². The first-order chi connectivity index (χ1) is 26.7. The molecule has 0 unspecified atom stereocenters. The van der Waals surface area contributed by atoms with Gasteiger partial charge in [-0.15, -0.1) is 11.3 Å². The summed E-state index contributed by atoms with van der Waals surface area (Å²) in [7, 11) is 0. The smallest absolute Gasteiger partial charge is 0.161 e. The van der Waals surface area contributed by atoms with Gasteiger partial charge in [0.25, 0.3) is 0 Å². The molecule has 252 valence electrons. The molecule has 0 radical (unpaired) electrons. The summed E-state index contributed by atoms with van der Waals surface area (Å²) >= 11 is 1.75. The number of benzene rings is 8. The van der Waals surface area contributed by atoms with Crippen LogP contribution in [0.25, 0.3) is 109 Å². The first-order valence-electron chi connectivity index (χ1n) is 18.1. The lowest BCUT2D eigenvalue weighted by Gasteiger charge is -2.13. The van der Waals surface area contributed by atoms with Crippen molar-refractivity contribution < 1.29 is 4.42 Å². The first kappa shape index (κ1) is 30.7. The summed E-state index contributed by atoms with van der Waals surface area (Å²) in [5.74, 6) is 0.678. The Hall–Kier alpha value is -6.88. The Kier molecular flexibility index (Phi) is 7.04. The fourth-order valence-corrected chi connectivity index (χ4v) is 9.04. The second kappa shape index (κ2) is 12.4. The van der Waals surface area contributed by atoms with Gasteiger partial charge >= 0.3 is 0 Å². The van der Waals surface area contributed by atoms with Crippen LogP contribution in [0.2, 0.25) is 0 Å². The molecule has 11 rings (SSSR count). The molecule has 0 spiro atoms. The maximum absolute atomic E-state index is 6.75. The van der Waals surface area contributed by atoms with Gasteiger partial charge in [-0.1, -0.05) is 146 Å². The van der Waals surface area contributed by atoms with Crippen molar-refractivity contribution in [3.05, 3.63) is 182 Å². The van der Waals surface area contributed by atoms with Crippen LogP contribution in [0.3, 0.4) is 0 Å². The molecule has 0 N–H and O–H groups in total. The average molecular weight is 707 g/mol. The van der Waals surface area contributed by atoms with Gasteiger partial charge in [-0.3, -0.25) is 0 Å². The van der Waals surface area contributed by atoms with Crippen LogP contribution in [-0.2, 0) is 0 Å². The van der Waals surface area contributed by atoms with Gasteiger partial charge in [0.2, 0.25) is 0 Å². The zero-order chi connectivity index (χ0) is 35.6. The molecule has 0 saturated heterocycles. The molecule has 0 saturated carbocycles. The molecule has 3 nitrogen and oxygen atoms in total. The molecule has 0 bridgehead atoms. The summed E-state index contributed by atoms with van der Waals surface area (Å²) in [6.45, 7) is 0. The van der Waals surface area contributed by atoms with E-state index in [1.165, 1.54) is 15.5 Å². The van der Waals surface area contributed by atoms with E-state index in [2.05, 4.69) is 182 Å². The fourth-order valence-electron chi connectivity index (χ4n) is 7.88. The Balaban J connectivity index is 1.17. The van der Waals surface area contributed by atoms with E-state index in [0.29, 0.717) is 5.82 Å². The monoisotopic (exact) mass is 706 g/mol. The van der Waals surface area contributed by atoms with E-state index in [4.69, 9.17) is 14.4 Å². The maximum Gasteiger partial charge on any atom is 0.161 e. The van der Waals surface area contributed by atoms with E-state index in [1.54, 1.807) is 11.3 Å². The summed E-state index contributed by atoms with van der Waals surface area (Å²) in [6.07, 6.45) is 0. The number of hydrogen-bond donors (Lipinski definition) is 0. The van der Waals surface area contributed by atoms with Crippen LogP contribution in [0, 0.1) is 0 Å². The van der Waals surface area contributed by atoms with Crippen LogP contribution in [0.1, 0.15) is 0 Å². The predicted molar refractivity (Wildman–Crippen MR) is 227 cm³/mol. The van der Waals surface area contributed by atoms with Crippen molar-refractivity contribution in [2.24, 2.45) is 0 Å². The highest BCUT2D eigenvalue weighted by molar-refractivity contribution is 7.26. The molecular formula is C50H30N2OS. The Morgan fingerprint density at radius 1 is 0.426 bits per heavy atom. The van der Waals surface area contributed by atoms with Gasteiger partial charge < -0.3 is 4.42 Å². The molecule has 0 aliphatic heterocycles. The minimum Gasteiger partial charge on any atom is -0.455 e. The Morgan fingerprint density at radius 3 is 1.87 bits per heavy atom. The highest BCUT2D eigenvalue weighted by Crippen LogP contribution is 2.44. The summed E-state index contributed by atoms with van der Waals surface area (Å²) in [6, 6.07) is 64.3. The number of nitrogens with zero attached hydrogens (tertiary/aromatic N) is 2. The molecule has 54 heavy (non-hydrogen) atoms. The first-order valence-corrected chi connectivity index (χ1v) is 19.0. The van der Waals surface area contributed by atoms with Crippen LogP contribution in [-0.4, -0.2) is 9.97 Å². The molecule has 0 fully saturated rings. The van der Waals surface area contributed by atoms with Gasteiger partial charge in [-0.05, 0) is 75.0 Å². The third kappa shape index (κ3) is 5.03. The normalized spacial score (nSPS) is 11.7. The van der Waals surface area contributed by atoms with Crippen LogP contribution < -0.4 is 0 Å². The number of furan rings is 1. The van der Waals surface area contributed by atoms with Gasteiger partial charge in [0, 0.05) is 37.5 Å². The Bertz CT molecular complexity index is 3160. The molecule has 0 aliphatic rings. The van der Waals surface area contributed by atoms with Gasteiger partial charge in [0.05, 0.1) is 15.9 Å². The van der Waals surface area contributed by atoms with Crippen molar-refractivity contribution in [1.82, 2.24) is 9.97 Å².